The number of rotatable bonds is 0. The molecule has 7 N–H and O–H groups in total. The average molecular weight is 956 g/mol. The van der Waals surface area contributed by atoms with Gasteiger partial charge in [-0.25, -0.2) is 0 Å². The summed E-state index contributed by atoms with van der Waals surface area (Å²) in [5.41, 5.74) is 1.77. The van der Waals surface area contributed by atoms with Crippen LogP contribution in [0, 0.1) is 0 Å². The van der Waals surface area contributed by atoms with Gasteiger partial charge in [-0.2, -0.15) is 0 Å². The van der Waals surface area contributed by atoms with E-state index in [-0.39, 0.29) is 64.8 Å². The number of nitrogens with zero attached hydrogens (tertiary/aromatic N) is 2. The molecule has 51 heavy (non-hydrogen) atoms. The molecule has 0 spiro atoms. The van der Waals surface area contributed by atoms with Crippen molar-refractivity contribution >= 4 is 87.0 Å². The Morgan fingerprint density at radius 2 is 1.14 bits per heavy atom. The summed E-state index contributed by atoms with van der Waals surface area (Å²) in [5, 5.41) is 63.2. The van der Waals surface area contributed by atoms with E-state index in [0.717, 1.165) is 0 Å². The lowest BCUT2D eigenvalue weighted by Gasteiger charge is -2.16. The minimum absolute atomic E-state index is 0.0216. The van der Waals surface area contributed by atoms with E-state index in [4.69, 9.17) is 9.47 Å². The molecule has 4 aromatic carbocycles. The molecule has 17 heteroatoms. The largest absolute Gasteiger partial charge is 0.503 e. The van der Waals surface area contributed by atoms with Crippen molar-refractivity contribution in [1.82, 2.24) is 10.6 Å². The molecule has 0 saturated carbocycles. The fourth-order valence-electron chi connectivity index (χ4n) is 4.98. The number of benzene rings is 4. The molecule has 8 bridgehead atoms. The monoisotopic (exact) mass is 952 g/mol. The van der Waals surface area contributed by atoms with Crippen molar-refractivity contribution in [1.29, 1.82) is 0 Å². The lowest BCUT2D eigenvalue weighted by molar-refractivity contribution is -0.116. The predicted octanol–water partition coefficient (Wildman–Crippen LogP) is 7.00. The Hall–Kier alpha value is -4.16. The minimum Gasteiger partial charge on any atom is -0.503 e. The number of halogens is 4. The van der Waals surface area contributed by atoms with Gasteiger partial charge in [0.15, 0.2) is 23.0 Å². The second kappa shape index (κ2) is 16.9. The molecule has 4 heterocycles. The summed E-state index contributed by atoms with van der Waals surface area (Å²) in [6.45, 7) is -0.0539. The summed E-state index contributed by atoms with van der Waals surface area (Å²) in [7, 11) is 0. The van der Waals surface area contributed by atoms with Crippen molar-refractivity contribution in [3.8, 4) is 34.5 Å². The third-order valence-corrected chi connectivity index (χ3v) is 10.1. The number of phenolic OH excluding ortho intramolecular Hbond substituents is 2. The summed E-state index contributed by atoms with van der Waals surface area (Å²) in [6.07, 6.45) is -1.01. The molecule has 0 saturated heterocycles. The van der Waals surface area contributed by atoms with Crippen molar-refractivity contribution in [3.05, 3.63) is 101 Å². The van der Waals surface area contributed by atoms with Crippen LogP contribution < -0.4 is 20.1 Å². The van der Waals surface area contributed by atoms with Crippen molar-refractivity contribution in [2.75, 3.05) is 13.1 Å². The summed E-state index contributed by atoms with van der Waals surface area (Å²) in [4.78, 5) is 25.9. The molecular formula is C34H28Br4N4O9. The number of ether oxygens (including phenoxy) is 2. The van der Waals surface area contributed by atoms with Crippen LogP contribution >= 0.6 is 63.7 Å². The van der Waals surface area contributed by atoms with Gasteiger partial charge in [-0.15, -0.1) is 0 Å². The number of aliphatic hydroxyl groups excluding tert-OH is 1. The van der Waals surface area contributed by atoms with Gasteiger partial charge in [0.25, 0.3) is 11.8 Å². The number of phenols is 2. The van der Waals surface area contributed by atoms with Gasteiger partial charge in [0.2, 0.25) is 0 Å². The van der Waals surface area contributed by atoms with E-state index in [2.05, 4.69) is 84.7 Å². The van der Waals surface area contributed by atoms with E-state index >= 15 is 0 Å². The second-order valence-corrected chi connectivity index (χ2v) is 14.6. The van der Waals surface area contributed by atoms with Crippen LogP contribution in [-0.2, 0) is 28.9 Å². The molecule has 1 atom stereocenters. The fraction of sp³-hybridized carbons (Fsp3) is 0.176. The Balaban J connectivity index is 1.47. The van der Waals surface area contributed by atoms with Crippen LogP contribution in [0.4, 0.5) is 0 Å². The number of carbonyl (C=O) groups is 2. The van der Waals surface area contributed by atoms with E-state index in [1.807, 2.05) is 0 Å². The predicted molar refractivity (Wildman–Crippen MR) is 201 cm³/mol. The molecule has 4 aliphatic rings. The number of hydrogen-bond acceptors (Lipinski definition) is 11. The molecule has 0 aromatic heterocycles. The Morgan fingerprint density at radius 3 is 1.73 bits per heavy atom. The van der Waals surface area contributed by atoms with Crippen LogP contribution in [-0.4, -0.2) is 62.1 Å². The van der Waals surface area contributed by atoms with Crippen LogP contribution in [0.2, 0.25) is 0 Å². The van der Waals surface area contributed by atoms with Gasteiger partial charge in [0.1, 0.15) is 22.9 Å². The van der Waals surface area contributed by atoms with Crippen LogP contribution in [0.5, 0.6) is 34.5 Å². The first-order chi connectivity index (χ1) is 24.4. The summed E-state index contributed by atoms with van der Waals surface area (Å²) < 4.78 is 13.5. The number of nitrogens with one attached hydrogen (secondary N) is 2. The topological polar surface area (TPSA) is 203 Å². The van der Waals surface area contributed by atoms with Gasteiger partial charge < -0.3 is 45.8 Å². The standard InChI is InChI=1S/C34H28Br4N4O9/c35-20-7-16-1-3-27(20)50-30-13-18(9-23(38)32(30)45)11-25(42-49)34(47)40-15-26(43)19-2-4-28(21(36)14-19)51-29-12-17(8-22(37)31(29)44)5-6-39-33(46)24(10-16)41-48/h1-4,7-9,12-14,26,43-45,48-49H,5-6,10-11,15H2,(H,39,46)(H,40,47)/b41-24-,42-25+/t26-/m1/s1. The zero-order chi connectivity index (χ0) is 36.8. The van der Waals surface area contributed by atoms with Gasteiger partial charge in [0.05, 0.1) is 24.0 Å². The van der Waals surface area contributed by atoms with Gasteiger partial charge in [-0.3, -0.25) is 9.59 Å². The summed E-state index contributed by atoms with van der Waals surface area (Å²) in [6, 6.07) is 16.0. The molecular weight excluding hydrogens is 928 g/mol. The van der Waals surface area contributed by atoms with Crippen molar-refractivity contribution in [3.63, 3.8) is 0 Å². The van der Waals surface area contributed by atoms with E-state index < -0.39 is 17.9 Å². The number of hydrogen-bond donors (Lipinski definition) is 7. The van der Waals surface area contributed by atoms with E-state index in [1.165, 1.54) is 12.1 Å². The van der Waals surface area contributed by atoms with Crippen LogP contribution in [0.25, 0.3) is 0 Å². The highest BCUT2D eigenvalue weighted by Gasteiger charge is 2.21. The Morgan fingerprint density at radius 1 is 0.627 bits per heavy atom. The smallest absolute Gasteiger partial charge is 0.269 e. The van der Waals surface area contributed by atoms with Gasteiger partial charge in [-0.1, -0.05) is 22.4 Å². The van der Waals surface area contributed by atoms with Crippen LogP contribution in [0.1, 0.15) is 28.4 Å². The van der Waals surface area contributed by atoms with E-state index in [9.17, 15) is 35.3 Å². The molecule has 2 amide bonds. The number of oxime groups is 2. The number of amides is 2. The lowest BCUT2D eigenvalue weighted by Crippen LogP contribution is -2.35. The van der Waals surface area contributed by atoms with Crippen molar-refractivity contribution in [2.24, 2.45) is 10.3 Å². The molecule has 0 aliphatic carbocycles. The molecule has 13 nitrogen and oxygen atoms in total. The number of aromatic hydroxyl groups is 2. The quantitative estimate of drug-likeness (QED) is 0.0716. The molecule has 0 fully saturated rings. The second-order valence-electron chi connectivity index (χ2n) is 11.2. The van der Waals surface area contributed by atoms with Crippen molar-refractivity contribution < 1.29 is 44.8 Å². The maximum absolute atomic E-state index is 13.0. The number of aliphatic hydroxyl groups is 1. The third kappa shape index (κ3) is 9.39. The zero-order valence-electron chi connectivity index (χ0n) is 26.2. The molecule has 0 unspecified atom stereocenters. The average Bonchev–Trinajstić information content (AvgIpc) is 3.10. The fourth-order valence-corrected chi connectivity index (χ4v) is 6.94. The Bertz CT molecular complexity index is 2060. The van der Waals surface area contributed by atoms with Gasteiger partial charge >= 0.3 is 0 Å². The van der Waals surface area contributed by atoms with Gasteiger partial charge in [-0.05, 0) is 141 Å². The maximum atomic E-state index is 13.0. The SMILES string of the molecule is O=C1NCCc2cc(Br)c(O)c(c2)Oc2ccc(cc2Br)[C@H](O)CNC(=O)/C(=N/O)Cc2cc(Br)c(O)c(c2)Oc2ccc(cc2Br)C/C1=N/O. The molecule has 8 rings (SSSR count). The molecule has 4 aromatic rings. The van der Waals surface area contributed by atoms with Gasteiger partial charge in [0, 0.05) is 25.9 Å². The lowest BCUT2D eigenvalue weighted by atomic mass is 10.1. The number of carbonyl (C=O) groups excluding carboxylic acids is 2. The van der Waals surface area contributed by atoms with E-state index in [1.54, 1.807) is 48.5 Å². The zero-order valence-corrected chi connectivity index (χ0v) is 32.5. The van der Waals surface area contributed by atoms with Crippen LogP contribution in [0.15, 0.2) is 88.9 Å². The minimum atomic E-state index is -1.16. The summed E-state index contributed by atoms with van der Waals surface area (Å²) in [5.74, 6) is -0.953. The third-order valence-electron chi connectivity index (χ3n) is 7.62. The molecule has 266 valence electrons. The molecule has 0 radical (unpaired) electrons. The Labute approximate surface area is 324 Å². The Kier molecular flexibility index (Phi) is 12.6. The first-order valence-electron chi connectivity index (χ1n) is 15.0. The molecule has 4 aliphatic heterocycles. The van der Waals surface area contributed by atoms with Crippen molar-refractivity contribution in [2.45, 2.75) is 25.4 Å². The van der Waals surface area contributed by atoms with E-state index in [0.29, 0.717) is 53.6 Å². The normalized spacial score (nSPS) is 17.6. The first kappa shape index (κ1) is 38.1. The van der Waals surface area contributed by atoms with Crippen LogP contribution in [0.3, 0.4) is 0 Å². The maximum Gasteiger partial charge on any atom is 0.269 e. The highest BCUT2D eigenvalue weighted by atomic mass is 79.9. The highest BCUT2D eigenvalue weighted by Crippen LogP contribution is 2.42. The summed E-state index contributed by atoms with van der Waals surface area (Å²) >= 11 is 13.5. The highest BCUT2D eigenvalue weighted by molar-refractivity contribution is 9.11. The first-order valence-corrected chi connectivity index (χ1v) is 18.2.